The molecule has 8 nitrogen and oxygen atoms in total. The Kier molecular flexibility index (Phi) is 6.45. The number of anilines is 4. The number of nitrogens with one attached hydrogen (secondary N) is 1. The molecule has 0 radical (unpaired) electrons. The molecule has 3 aromatic rings. The van der Waals surface area contributed by atoms with Crippen molar-refractivity contribution in [2.24, 2.45) is 0 Å². The molecule has 2 aliphatic heterocycles. The summed E-state index contributed by atoms with van der Waals surface area (Å²) in [5, 5.41) is 3.91. The molecule has 176 valence electrons. The van der Waals surface area contributed by atoms with Crippen molar-refractivity contribution in [3.8, 4) is 5.88 Å². The van der Waals surface area contributed by atoms with E-state index in [0.29, 0.717) is 21.7 Å². The molecule has 1 N–H and O–H groups in total. The summed E-state index contributed by atoms with van der Waals surface area (Å²) in [5.74, 6) is 0.239. The number of amides is 1. The summed E-state index contributed by atoms with van der Waals surface area (Å²) in [7, 11) is 0. The molecule has 0 spiro atoms. The fourth-order valence-corrected chi connectivity index (χ4v) is 4.73. The molecular weight excluding hydrogens is 475 g/mol. The molecule has 1 fully saturated rings. The zero-order chi connectivity index (χ0) is 23.7. The molecule has 1 aromatic heterocycles. The standard InChI is InChI=1S/C24H24Cl2N6O2/c1-2-30-10-12-31(13-11-30)17-8-6-16(7-9-17)28-24-27-14-18-22(29-24)34-15-32(23(18)33)21-19(25)4-3-5-20(21)26/h3-9,14H,2,10-13,15H2,1H3,(H,27,28,29). The Bertz CT molecular complexity index is 1180. The Labute approximate surface area is 208 Å². The third-order valence-corrected chi connectivity index (χ3v) is 6.69. The quantitative estimate of drug-likeness (QED) is 0.547. The number of ether oxygens (including phenoxy) is 1. The molecule has 1 saturated heterocycles. The number of aromatic nitrogens is 2. The van der Waals surface area contributed by atoms with Gasteiger partial charge in [0, 0.05) is 43.8 Å². The highest BCUT2D eigenvalue weighted by molar-refractivity contribution is 6.40. The van der Waals surface area contributed by atoms with Crippen molar-refractivity contribution in [3.05, 3.63) is 64.3 Å². The van der Waals surface area contributed by atoms with Crippen molar-refractivity contribution in [1.82, 2.24) is 14.9 Å². The Hall–Kier alpha value is -3.07. The summed E-state index contributed by atoms with van der Waals surface area (Å²) in [6.07, 6.45) is 1.45. The van der Waals surface area contributed by atoms with E-state index in [1.54, 1.807) is 18.2 Å². The summed E-state index contributed by atoms with van der Waals surface area (Å²) in [6, 6.07) is 13.2. The number of benzene rings is 2. The van der Waals surface area contributed by atoms with Crippen LogP contribution in [0.5, 0.6) is 5.88 Å². The molecule has 2 aliphatic rings. The third-order valence-electron chi connectivity index (χ3n) is 6.08. The first kappa shape index (κ1) is 22.7. The Morgan fingerprint density at radius 1 is 1.03 bits per heavy atom. The Morgan fingerprint density at radius 2 is 1.74 bits per heavy atom. The van der Waals surface area contributed by atoms with E-state index in [4.69, 9.17) is 27.9 Å². The molecule has 3 heterocycles. The number of piperazine rings is 1. The average molecular weight is 499 g/mol. The first-order chi connectivity index (χ1) is 16.5. The number of halogens is 2. The van der Waals surface area contributed by atoms with Crippen molar-refractivity contribution in [1.29, 1.82) is 0 Å². The van der Waals surface area contributed by atoms with E-state index in [0.717, 1.165) is 38.4 Å². The monoisotopic (exact) mass is 498 g/mol. The van der Waals surface area contributed by atoms with Crippen LogP contribution in [0.4, 0.5) is 23.0 Å². The lowest BCUT2D eigenvalue weighted by molar-refractivity contribution is 0.0932. The van der Waals surface area contributed by atoms with Crippen LogP contribution in [0, 0.1) is 0 Å². The number of likely N-dealkylation sites (N-methyl/N-ethyl adjacent to an activating group) is 1. The van der Waals surface area contributed by atoms with Gasteiger partial charge in [-0.25, -0.2) is 4.98 Å². The summed E-state index contributed by atoms with van der Waals surface area (Å²) < 4.78 is 5.75. The first-order valence-electron chi connectivity index (χ1n) is 11.1. The SMILES string of the molecule is CCN1CCN(c2ccc(Nc3ncc4c(n3)OCN(c3c(Cl)cccc3Cl)C4=O)cc2)CC1. The highest BCUT2D eigenvalue weighted by Crippen LogP contribution is 2.37. The van der Waals surface area contributed by atoms with Gasteiger partial charge in [0.05, 0.1) is 15.7 Å². The maximum Gasteiger partial charge on any atom is 0.268 e. The molecule has 0 bridgehead atoms. The van der Waals surface area contributed by atoms with Gasteiger partial charge in [-0.05, 0) is 42.9 Å². The van der Waals surface area contributed by atoms with Crippen LogP contribution in [0.15, 0.2) is 48.7 Å². The fraction of sp³-hybridized carbons (Fsp3) is 0.292. The Balaban J connectivity index is 1.28. The maximum absolute atomic E-state index is 13.0. The van der Waals surface area contributed by atoms with Gasteiger partial charge in [0.15, 0.2) is 6.73 Å². The topological polar surface area (TPSA) is 73.8 Å². The number of rotatable bonds is 5. The van der Waals surface area contributed by atoms with Crippen molar-refractivity contribution in [2.75, 3.05) is 54.6 Å². The normalized spacial score (nSPS) is 16.3. The first-order valence-corrected chi connectivity index (χ1v) is 11.9. The van der Waals surface area contributed by atoms with Gasteiger partial charge in [0.1, 0.15) is 5.56 Å². The molecule has 0 aliphatic carbocycles. The number of fused-ring (bicyclic) bond motifs is 1. The van der Waals surface area contributed by atoms with Crippen molar-refractivity contribution in [3.63, 3.8) is 0 Å². The van der Waals surface area contributed by atoms with Crippen LogP contribution >= 0.6 is 23.2 Å². The number of hydrogen-bond acceptors (Lipinski definition) is 7. The highest BCUT2D eigenvalue weighted by atomic mass is 35.5. The molecule has 0 atom stereocenters. The number of carbonyl (C=O) groups excluding carboxylic acids is 1. The summed E-state index contributed by atoms with van der Waals surface area (Å²) in [6.45, 7) is 7.46. The number of carbonyl (C=O) groups is 1. The molecule has 2 aromatic carbocycles. The molecule has 1 amide bonds. The Morgan fingerprint density at radius 3 is 2.41 bits per heavy atom. The zero-order valence-corrected chi connectivity index (χ0v) is 20.2. The average Bonchev–Trinajstić information content (AvgIpc) is 2.86. The maximum atomic E-state index is 13.0. The molecular formula is C24H24Cl2N6O2. The second-order valence-electron chi connectivity index (χ2n) is 8.08. The van der Waals surface area contributed by atoms with Gasteiger partial charge < -0.3 is 19.9 Å². The zero-order valence-electron chi connectivity index (χ0n) is 18.7. The number of para-hydroxylation sites is 1. The van der Waals surface area contributed by atoms with E-state index >= 15 is 0 Å². The molecule has 34 heavy (non-hydrogen) atoms. The largest absolute Gasteiger partial charge is 0.455 e. The predicted molar refractivity (Wildman–Crippen MR) is 135 cm³/mol. The molecule has 0 saturated carbocycles. The molecule has 10 heteroatoms. The van der Waals surface area contributed by atoms with Crippen LogP contribution in [-0.4, -0.2) is 60.2 Å². The van der Waals surface area contributed by atoms with E-state index in [9.17, 15) is 4.79 Å². The van der Waals surface area contributed by atoms with Crippen molar-refractivity contribution >= 4 is 52.1 Å². The molecule has 0 unspecified atom stereocenters. The van der Waals surface area contributed by atoms with Crippen LogP contribution < -0.4 is 19.9 Å². The minimum Gasteiger partial charge on any atom is -0.455 e. The minimum atomic E-state index is -0.324. The van der Waals surface area contributed by atoms with E-state index in [1.807, 2.05) is 12.1 Å². The lowest BCUT2D eigenvalue weighted by atomic mass is 10.2. The lowest BCUT2D eigenvalue weighted by Gasteiger charge is -2.35. The van der Waals surface area contributed by atoms with Crippen LogP contribution in [0.3, 0.4) is 0 Å². The summed E-state index contributed by atoms with van der Waals surface area (Å²) in [5.41, 5.74) is 2.69. The second-order valence-corrected chi connectivity index (χ2v) is 8.90. The summed E-state index contributed by atoms with van der Waals surface area (Å²) >= 11 is 12.5. The van der Waals surface area contributed by atoms with Gasteiger partial charge in [-0.2, -0.15) is 4.98 Å². The van der Waals surface area contributed by atoms with Crippen LogP contribution in [0.25, 0.3) is 0 Å². The highest BCUT2D eigenvalue weighted by Gasteiger charge is 2.31. The van der Waals surface area contributed by atoms with Crippen molar-refractivity contribution < 1.29 is 9.53 Å². The molecule has 5 rings (SSSR count). The third kappa shape index (κ3) is 4.49. The van der Waals surface area contributed by atoms with Crippen LogP contribution in [-0.2, 0) is 0 Å². The van der Waals surface area contributed by atoms with Gasteiger partial charge in [0.2, 0.25) is 11.8 Å². The van der Waals surface area contributed by atoms with E-state index < -0.39 is 0 Å². The van der Waals surface area contributed by atoms with E-state index in [1.165, 1.54) is 16.8 Å². The van der Waals surface area contributed by atoms with Crippen LogP contribution in [0.1, 0.15) is 17.3 Å². The summed E-state index contributed by atoms with van der Waals surface area (Å²) in [4.78, 5) is 28.0. The van der Waals surface area contributed by atoms with E-state index in [2.05, 4.69) is 44.1 Å². The van der Waals surface area contributed by atoms with Crippen molar-refractivity contribution in [2.45, 2.75) is 6.92 Å². The van der Waals surface area contributed by atoms with Gasteiger partial charge >= 0.3 is 0 Å². The van der Waals surface area contributed by atoms with Gasteiger partial charge in [-0.1, -0.05) is 36.2 Å². The van der Waals surface area contributed by atoms with Gasteiger partial charge in [-0.3, -0.25) is 9.69 Å². The van der Waals surface area contributed by atoms with Gasteiger partial charge in [-0.15, -0.1) is 0 Å². The smallest absolute Gasteiger partial charge is 0.268 e. The second kappa shape index (κ2) is 9.66. The van der Waals surface area contributed by atoms with Crippen LogP contribution in [0.2, 0.25) is 10.0 Å². The fourth-order valence-electron chi connectivity index (χ4n) is 4.13. The lowest BCUT2D eigenvalue weighted by Crippen LogP contribution is -2.46. The van der Waals surface area contributed by atoms with Gasteiger partial charge in [0.25, 0.3) is 5.91 Å². The number of nitrogens with zero attached hydrogens (tertiary/aromatic N) is 5. The number of hydrogen-bond donors (Lipinski definition) is 1. The predicted octanol–water partition coefficient (Wildman–Crippen LogP) is 4.67. The minimum absolute atomic E-state index is 0.0499. The van der Waals surface area contributed by atoms with E-state index in [-0.39, 0.29) is 24.1 Å².